The van der Waals surface area contributed by atoms with Gasteiger partial charge in [-0.15, -0.1) is 0 Å². The second-order valence-corrected chi connectivity index (χ2v) is 7.10. The Kier molecular flexibility index (Phi) is 5.63. The Labute approximate surface area is 156 Å². The maximum Gasteiger partial charge on any atom is 0.291 e. The van der Waals surface area contributed by atoms with Crippen LogP contribution in [0, 0.1) is 0 Å². The fourth-order valence-corrected chi connectivity index (χ4v) is 3.19. The lowest BCUT2D eigenvalue weighted by Crippen LogP contribution is -2.22. The van der Waals surface area contributed by atoms with Crippen LogP contribution in [0.2, 0.25) is 0 Å². The molecule has 2 N–H and O–H groups in total. The van der Waals surface area contributed by atoms with Crippen LogP contribution in [0.1, 0.15) is 23.2 Å². The number of hydrogen-bond donors (Lipinski definition) is 2. The van der Waals surface area contributed by atoms with Crippen molar-refractivity contribution in [2.75, 3.05) is 11.9 Å². The van der Waals surface area contributed by atoms with Gasteiger partial charge in [0.25, 0.3) is 15.9 Å². The molecule has 0 aliphatic heterocycles. The summed E-state index contributed by atoms with van der Waals surface area (Å²) in [4.78, 5) is 12.4. The van der Waals surface area contributed by atoms with Gasteiger partial charge in [-0.05, 0) is 43.3 Å². The van der Waals surface area contributed by atoms with Crippen LogP contribution in [0.4, 0.5) is 5.69 Å². The van der Waals surface area contributed by atoms with Gasteiger partial charge in [0, 0.05) is 0 Å². The number of hydrogen-bond acceptors (Lipinski definition) is 6. The summed E-state index contributed by atoms with van der Waals surface area (Å²) in [6.45, 7) is 2.24. The van der Waals surface area contributed by atoms with Crippen molar-refractivity contribution in [3.63, 3.8) is 0 Å². The van der Waals surface area contributed by atoms with E-state index in [0.717, 1.165) is 0 Å². The number of carbonyl (C=O) groups is 1. The van der Waals surface area contributed by atoms with E-state index in [0.29, 0.717) is 23.8 Å². The van der Waals surface area contributed by atoms with Gasteiger partial charge in [0.1, 0.15) is 11.5 Å². The van der Waals surface area contributed by atoms with Gasteiger partial charge in [0.15, 0.2) is 5.76 Å². The summed E-state index contributed by atoms with van der Waals surface area (Å²) in [7, 11) is -3.92. The van der Waals surface area contributed by atoms with E-state index >= 15 is 0 Å². The molecular formula is C18H18N2O6S. The molecule has 3 aromatic rings. The molecule has 2 aromatic heterocycles. The average Bonchev–Trinajstić information content (AvgIpc) is 3.34. The zero-order valence-corrected chi connectivity index (χ0v) is 15.3. The zero-order valence-electron chi connectivity index (χ0n) is 14.5. The Bertz CT molecular complexity index is 1010. The van der Waals surface area contributed by atoms with Crippen molar-refractivity contribution in [2.24, 2.45) is 0 Å². The van der Waals surface area contributed by atoms with Crippen molar-refractivity contribution in [1.82, 2.24) is 4.72 Å². The van der Waals surface area contributed by atoms with E-state index in [1.54, 1.807) is 36.4 Å². The molecule has 0 radical (unpaired) electrons. The highest BCUT2D eigenvalue weighted by Crippen LogP contribution is 2.25. The van der Waals surface area contributed by atoms with Gasteiger partial charge in [-0.3, -0.25) is 4.79 Å². The SMILES string of the molecule is CCOc1ccccc1NC(=O)c1ccc(S(=O)(=O)NCc2ccco2)o1. The van der Waals surface area contributed by atoms with E-state index in [1.165, 1.54) is 18.4 Å². The van der Waals surface area contributed by atoms with Crippen LogP contribution in [0.25, 0.3) is 0 Å². The summed E-state index contributed by atoms with van der Waals surface area (Å²) in [5.74, 6) is 0.234. The smallest absolute Gasteiger partial charge is 0.291 e. The third-order valence-corrected chi connectivity index (χ3v) is 4.80. The summed E-state index contributed by atoms with van der Waals surface area (Å²) >= 11 is 0. The molecule has 0 bridgehead atoms. The number of benzene rings is 1. The molecule has 0 fully saturated rings. The number of amides is 1. The van der Waals surface area contributed by atoms with Gasteiger partial charge >= 0.3 is 0 Å². The molecule has 142 valence electrons. The Morgan fingerprint density at radius 1 is 1.11 bits per heavy atom. The minimum absolute atomic E-state index is 0.0285. The highest BCUT2D eigenvalue weighted by Gasteiger charge is 2.22. The van der Waals surface area contributed by atoms with Crippen molar-refractivity contribution in [3.8, 4) is 5.75 Å². The standard InChI is InChI=1S/C18H18N2O6S/c1-2-24-15-8-4-3-7-14(15)20-18(21)16-9-10-17(26-16)27(22,23)19-12-13-6-5-11-25-13/h3-11,19H,2,12H2,1H3,(H,20,21). The average molecular weight is 390 g/mol. The topological polar surface area (TPSA) is 111 Å². The van der Waals surface area contributed by atoms with E-state index in [2.05, 4.69) is 10.0 Å². The number of para-hydroxylation sites is 2. The predicted octanol–water partition coefficient (Wildman–Crippen LogP) is 3.00. The summed E-state index contributed by atoms with van der Waals surface area (Å²) in [6.07, 6.45) is 1.44. The molecular weight excluding hydrogens is 372 g/mol. The number of ether oxygens (including phenoxy) is 1. The van der Waals surface area contributed by atoms with Crippen molar-refractivity contribution < 1.29 is 26.8 Å². The van der Waals surface area contributed by atoms with Gasteiger partial charge in [0.05, 0.1) is 25.1 Å². The van der Waals surface area contributed by atoms with Gasteiger partial charge in [-0.1, -0.05) is 12.1 Å². The van der Waals surface area contributed by atoms with Gasteiger partial charge in [-0.25, -0.2) is 13.1 Å². The first-order valence-corrected chi connectivity index (χ1v) is 9.63. The number of nitrogens with one attached hydrogen (secondary N) is 2. The predicted molar refractivity (Wildman–Crippen MR) is 97.0 cm³/mol. The molecule has 0 aliphatic rings. The molecule has 8 nitrogen and oxygen atoms in total. The van der Waals surface area contributed by atoms with E-state index < -0.39 is 15.9 Å². The second-order valence-electron chi connectivity index (χ2n) is 5.41. The van der Waals surface area contributed by atoms with Crippen LogP contribution in [-0.2, 0) is 16.6 Å². The molecule has 1 aromatic carbocycles. The van der Waals surface area contributed by atoms with E-state index in [4.69, 9.17) is 13.6 Å². The molecule has 9 heteroatoms. The zero-order chi connectivity index (χ0) is 19.3. The van der Waals surface area contributed by atoms with Crippen molar-refractivity contribution in [3.05, 3.63) is 66.3 Å². The Morgan fingerprint density at radius 3 is 2.67 bits per heavy atom. The Hall–Kier alpha value is -3.04. The van der Waals surface area contributed by atoms with Crippen LogP contribution >= 0.6 is 0 Å². The van der Waals surface area contributed by atoms with E-state index in [9.17, 15) is 13.2 Å². The normalized spacial score (nSPS) is 11.3. The van der Waals surface area contributed by atoms with E-state index in [-0.39, 0.29) is 17.4 Å². The molecule has 0 atom stereocenters. The van der Waals surface area contributed by atoms with Gasteiger partial charge < -0.3 is 18.9 Å². The minimum Gasteiger partial charge on any atom is -0.492 e. The number of furan rings is 2. The molecule has 0 spiro atoms. The summed E-state index contributed by atoms with van der Waals surface area (Å²) in [6, 6.07) is 12.7. The lowest BCUT2D eigenvalue weighted by Gasteiger charge is -2.10. The van der Waals surface area contributed by atoms with Crippen LogP contribution in [0.3, 0.4) is 0 Å². The molecule has 27 heavy (non-hydrogen) atoms. The summed E-state index contributed by atoms with van der Waals surface area (Å²) < 4.78 is 42.6. The number of sulfonamides is 1. The third kappa shape index (κ3) is 4.57. The summed E-state index contributed by atoms with van der Waals surface area (Å²) in [5, 5.41) is 2.28. The molecule has 0 unspecified atom stereocenters. The largest absolute Gasteiger partial charge is 0.492 e. The lowest BCUT2D eigenvalue weighted by atomic mass is 10.3. The fraction of sp³-hybridized carbons (Fsp3) is 0.167. The number of anilines is 1. The molecule has 3 rings (SSSR count). The number of rotatable bonds is 8. The highest BCUT2D eigenvalue weighted by molar-refractivity contribution is 7.89. The van der Waals surface area contributed by atoms with Crippen molar-refractivity contribution in [1.29, 1.82) is 0 Å². The fourth-order valence-electron chi connectivity index (χ4n) is 2.27. The van der Waals surface area contributed by atoms with Gasteiger partial charge in [-0.2, -0.15) is 0 Å². The van der Waals surface area contributed by atoms with Crippen LogP contribution in [-0.4, -0.2) is 20.9 Å². The lowest BCUT2D eigenvalue weighted by molar-refractivity contribution is 0.0991. The first kappa shape index (κ1) is 18.7. The molecule has 0 aliphatic carbocycles. The molecule has 1 amide bonds. The summed E-state index contributed by atoms with van der Waals surface area (Å²) in [5.41, 5.74) is 0.459. The van der Waals surface area contributed by atoms with E-state index in [1.807, 2.05) is 6.92 Å². The van der Waals surface area contributed by atoms with Gasteiger partial charge in [0.2, 0.25) is 5.09 Å². The first-order valence-electron chi connectivity index (χ1n) is 8.14. The highest BCUT2D eigenvalue weighted by atomic mass is 32.2. The van der Waals surface area contributed by atoms with Crippen molar-refractivity contribution in [2.45, 2.75) is 18.6 Å². The molecule has 0 saturated heterocycles. The van der Waals surface area contributed by atoms with Crippen molar-refractivity contribution >= 4 is 21.6 Å². The maximum absolute atomic E-state index is 12.4. The third-order valence-electron chi connectivity index (χ3n) is 3.52. The second kappa shape index (κ2) is 8.11. The maximum atomic E-state index is 12.4. The number of carbonyl (C=O) groups excluding carboxylic acids is 1. The Balaban J connectivity index is 1.70. The monoisotopic (exact) mass is 390 g/mol. The molecule has 0 saturated carbocycles. The quantitative estimate of drug-likeness (QED) is 0.612. The minimum atomic E-state index is -3.92. The first-order chi connectivity index (χ1) is 13.0. The Morgan fingerprint density at radius 2 is 1.93 bits per heavy atom. The van der Waals surface area contributed by atoms with Crippen LogP contribution in [0.5, 0.6) is 5.75 Å². The van der Waals surface area contributed by atoms with Crippen LogP contribution < -0.4 is 14.8 Å². The van der Waals surface area contributed by atoms with Crippen LogP contribution in [0.15, 0.2) is 68.7 Å². The molecule has 2 heterocycles.